The third-order valence-electron chi connectivity index (χ3n) is 7.55. The van der Waals surface area contributed by atoms with Gasteiger partial charge in [-0.05, 0) is 42.3 Å². The lowest BCUT2D eigenvalue weighted by molar-refractivity contribution is 0.0611. The third kappa shape index (κ3) is 5.37. The van der Waals surface area contributed by atoms with Gasteiger partial charge in [0.1, 0.15) is 28.2 Å². The van der Waals surface area contributed by atoms with E-state index in [1.54, 1.807) is 4.90 Å². The number of rotatable bonds is 7. The first-order chi connectivity index (χ1) is 18.0. The van der Waals surface area contributed by atoms with Gasteiger partial charge in [-0.3, -0.25) is 0 Å². The highest BCUT2D eigenvalue weighted by Gasteiger charge is 2.38. The van der Waals surface area contributed by atoms with Crippen molar-refractivity contribution >= 4 is 44.0 Å². The van der Waals surface area contributed by atoms with E-state index in [1.165, 1.54) is 18.1 Å². The third-order valence-corrected chi connectivity index (χ3v) is 8.59. The zero-order valence-electron chi connectivity index (χ0n) is 22.0. The molecule has 4 heterocycles. The fourth-order valence-electron chi connectivity index (χ4n) is 5.34. The molecule has 0 bridgehead atoms. The van der Waals surface area contributed by atoms with Crippen molar-refractivity contribution < 1.29 is 17.9 Å². The summed E-state index contributed by atoms with van der Waals surface area (Å²) in [5.41, 5.74) is 2.21. The maximum Gasteiger partial charge on any atom is 0.233 e. The number of hydrogen-bond acceptors (Lipinski definition) is 10. The predicted molar refractivity (Wildman–Crippen MR) is 147 cm³/mol. The van der Waals surface area contributed by atoms with E-state index in [0.717, 1.165) is 16.5 Å². The fourth-order valence-corrected chi connectivity index (χ4v) is 6.51. The number of nitrogens with zero attached hydrogens (tertiary/aromatic N) is 6. The van der Waals surface area contributed by atoms with E-state index in [2.05, 4.69) is 63.1 Å². The molecule has 1 aromatic carbocycles. The minimum Gasteiger partial charge on any atom is -0.390 e. The molecule has 2 aliphatic rings. The maximum absolute atomic E-state index is 14.0. The highest BCUT2D eigenvalue weighted by Crippen LogP contribution is 2.39. The molecule has 38 heavy (non-hydrogen) atoms. The lowest BCUT2D eigenvalue weighted by atomic mass is 9.88. The van der Waals surface area contributed by atoms with Crippen LogP contribution in [0.4, 0.5) is 27.8 Å². The number of aliphatic hydroxyl groups is 1. The van der Waals surface area contributed by atoms with Gasteiger partial charge in [-0.25, -0.2) is 27.8 Å². The van der Waals surface area contributed by atoms with Crippen molar-refractivity contribution in [2.75, 3.05) is 46.8 Å². The first-order valence-corrected chi connectivity index (χ1v) is 15.0. The number of anilines is 4. The van der Waals surface area contributed by atoms with Crippen LogP contribution in [0.5, 0.6) is 0 Å². The van der Waals surface area contributed by atoms with Gasteiger partial charge in [0.15, 0.2) is 0 Å². The van der Waals surface area contributed by atoms with Crippen LogP contribution in [0.3, 0.4) is 0 Å². The number of sulfone groups is 1. The summed E-state index contributed by atoms with van der Waals surface area (Å²) in [6.45, 7) is 7.52. The molecule has 0 unspecified atom stereocenters. The minimum absolute atomic E-state index is 0.0271. The van der Waals surface area contributed by atoms with Gasteiger partial charge in [-0.1, -0.05) is 19.9 Å². The highest BCUT2D eigenvalue weighted by atomic mass is 32.2. The lowest BCUT2D eigenvalue weighted by Crippen LogP contribution is -2.57. The van der Waals surface area contributed by atoms with Crippen LogP contribution in [-0.4, -0.2) is 83.4 Å². The molecule has 12 heteroatoms. The van der Waals surface area contributed by atoms with Crippen LogP contribution >= 0.6 is 0 Å². The minimum atomic E-state index is -3.03. The Kier molecular flexibility index (Phi) is 7.12. The molecule has 0 aliphatic carbocycles. The Morgan fingerprint density at radius 3 is 2.66 bits per heavy atom. The molecule has 204 valence electrons. The van der Waals surface area contributed by atoms with E-state index in [1.807, 2.05) is 12.3 Å². The standard InChI is InChI=1S/C26H34FN7O3S/c1-15(2)18-5-6-22(34-11-17(16(34)3)13-38(4,36)37)20-10-28-24(9-19(18)20)31-25-29-14-30-26(32-25)33-8-7-23(35)21(27)12-33/h5-6,9-10,14-17,21,23,35H,7-8,11-13H2,1-4H3,(H,28,29,30,31,32)/t16-,17-,21+,23-/m1/s1. The first-order valence-electron chi connectivity index (χ1n) is 12.9. The molecule has 4 atom stereocenters. The van der Waals surface area contributed by atoms with E-state index < -0.39 is 22.1 Å². The van der Waals surface area contributed by atoms with Crippen LogP contribution in [0, 0.1) is 5.92 Å². The van der Waals surface area contributed by atoms with Crippen molar-refractivity contribution in [1.29, 1.82) is 0 Å². The quantitative estimate of drug-likeness (QED) is 0.459. The van der Waals surface area contributed by atoms with E-state index in [-0.39, 0.29) is 30.2 Å². The average molecular weight is 544 g/mol. The molecule has 0 saturated carbocycles. The molecule has 2 fully saturated rings. The topological polar surface area (TPSA) is 124 Å². The van der Waals surface area contributed by atoms with Crippen molar-refractivity contribution in [3.8, 4) is 0 Å². The molecule has 0 spiro atoms. The summed E-state index contributed by atoms with van der Waals surface area (Å²) < 4.78 is 37.6. The molecule has 2 saturated heterocycles. The summed E-state index contributed by atoms with van der Waals surface area (Å²) in [5.74, 6) is 1.78. The van der Waals surface area contributed by atoms with E-state index in [0.29, 0.717) is 37.2 Å². The molecule has 2 aromatic heterocycles. The summed E-state index contributed by atoms with van der Waals surface area (Å²) in [7, 11) is -3.03. The summed E-state index contributed by atoms with van der Waals surface area (Å²) in [6, 6.07) is 6.32. The summed E-state index contributed by atoms with van der Waals surface area (Å²) in [4.78, 5) is 21.4. The Hall–Kier alpha value is -3.12. The number of aromatic nitrogens is 4. The van der Waals surface area contributed by atoms with Crippen LogP contribution < -0.4 is 15.1 Å². The molecule has 5 rings (SSSR count). The van der Waals surface area contributed by atoms with E-state index in [9.17, 15) is 17.9 Å². The number of alkyl halides is 1. The van der Waals surface area contributed by atoms with Crippen LogP contribution in [-0.2, 0) is 9.84 Å². The van der Waals surface area contributed by atoms with Gasteiger partial charge in [0.2, 0.25) is 11.9 Å². The average Bonchev–Trinajstić information content (AvgIpc) is 2.86. The Morgan fingerprint density at radius 1 is 1.18 bits per heavy atom. The van der Waals surface area contributed by atoms with Crippen LogP contribution in [0.25, 0.3) is 10.8 Å². The molecule has 0 amide bonds. The Morgan fingerprint density at radius 2 is 1.97 bits per heavy atom. The maximum atomic E-state index is 14.0. The SMILES string of the molecule is CC(C)c1ccc(N2C[C@H](CS(C)(=O)=O)[C@H]2C)c2cnc(Nc3ncnc(N4CC[C@@H](O)[C@@H](F)C4)n3)cc12. The normalized spacial score (nSPS) is 24.1. The second kappa shape index (κ2) is 10.2. The number of piperidine rings is 1. The van der Waals surface area contributed by atoms with Gasteiger partial charge in [-0.15, -0.1) is 0 Å². The largest absolute Gasteiger partial charge is 0.390 e. The van der Waals surface area contributed by atoms with Crippen molar-refractivity contribution in [3.05, 3.63) is 36.3 Å². The number of hydrogen-bond donors (Lipinski definition) is 2. The Labute approximate surface area is 222 Å². The molecule has 10 nitrogen and oxygen atoms in total. The van der Waals surface area contributed by atoms with Crippen LogP contribution in [0.2, 0.25) is 0 Å². The number of pyridine rings is 1. The zero-order valence-corrected chi connectivity index (χ0v) is 22.9. The summed E-state index contributed by atoms with van der Waals surface area (Å²) in [6.07, 6.45) is 2.50. The Balaban J connectivity index is 1.41. The second-order valence-electron chi connectivity index (χ2n) is 10.7. The molecule has 0 radical (unpaired) electrons. The Bertz CT molecular complexity index is 1440. The van der Waals surface area contributed by atoms with Crippen LogP contribution in [0.15, 0.2) is 30.7 Å². The number of aliphatic hydroxyl groups excluding tert-OH is 1. The number of halogens is 1. The van der Waals surface area contributed by atoms with Crippen molar-refractivity contribution in [2.24, 2.45) is 5.92 Å². The highest BCUT2D eigenvalue weighted by molar-refractivity contribution is 7.90. The van der Waals surface area contributed by atoms with Gasteiger partial charge in [0.05, 0.1) is 18.4 Å². The second-order valence-corrected chi connectivity index (χ2v) is 12.9. The number of fused-ring (bicyclic) bond motifs is 1. The predicted octanol–water partition coefficient (Wildman–Crippen LogP) is 3.07. The summed E-state index contributed by atoms with van der Waals surface area (Å²) >= 11 is 0. The number of benzene rings is 1. The van der Waals surface area contributed by atoms with Gasteiger partial charge >= 0.3 is 0 Å². The molecule has 2 N–H and O–H groups in total. The van der Waals surface area contributed by atoms with Gasteiger partial charge in [0.25, 0.3) is 0 Å². The zero-order chi connectivity index (χ0) is 27.2. The van der Waals surface area contributed by atoms with Crippen molar-refractivity contribution in [2.45, 2.75) is 51.4 Å². The molecular weight excluding hydrogens is 509 g/mol. The smallest absolute Gasteiger partial charge is 0.233 e. The molecular formula is C26H34FN7O3S. The van der Waals surface area contributed by atoms with Crippen LogP contribution in [0.1, 0.15) is 38.7 Å². The fraction of sp³-hybridized carbons (Fsp3) is 0.538. The number of nitrogens with one attached hydrogen (secondary N) is 1. The summed E-state index contributed by atoms with van der Waals surface area (Å²) in [5, 5.41) is 14.9. The monoisotopic (exact) mass is 543 g/mol. The van der Waals surface area contributed by atoms with Gasteiger partial charge < -0.3 is 20.2 Å². The molecule has 2 aliphatic heterocycles. The van der Waals surface area contributed by atoms with Crippen molar-refractivity contribution in [1.82, 2.24) is 19.9 Å². The van der Waals surface area contributed by atoms with Gasteiger partial charge in [0, 0.05) is 48.6 Å². The van der Waals surface area contributed by atoms with E-state index in [4.69, 9.17) is 0 Å². The van der Waals surface area contributed by atoms with Crippen molar-refractivity contribution in [3.63, 3.8) is 0 Å². The van der Waals surface area contributed by atoms with Gasteiger partial charge in [-0.2, -0.15) is 4.98 Å². The first kappa shape index (κ1) is 26.5. The molecule has 3 aromatic rings. The lowest BCUT2D eigenvalue weighted by Gasteiger charge is -2.48. The van der Waals surface area contributed by atoms with E-state index >= 15 is 0 Å².